The molecule has 5 nitrogen and oxygen atoms in total. The molecule has 0 atom stereocenters. The normalized spacial score (nSPS) is 15.9. The van der Waals surface area contributed by atoms with E-state index in [1.165, 1.54) is 24.8 Å². The Labute approximate surface area is 127 Å². The molecular formula is C16H27N5. The van der Waals surface area contributed by atoms with Crippen LogP contribution in [0.4, 0.5) is 5.82 Å². The molecule has 1 saturated heterocycles. The van der Waals surface area contributed by atoms with Crippen molar-refractivity contribution in [3.05, 3.63) is 23.9 Å². The van der Waals surface area contributed by atoms with E-state index in [0.29, 0.717) is 0 Å². The number of anilines is 1. The molecule has 116 valence electrons. The SMILES string of the molecule is CCCNC(=NC)NCc1ccnc(N2CCCCC2)c1. The minimum Gasteiger partial charge on any atom is -0.357 e. The van der Waals surface area contributed by atoms with Gasteiger partial charge in [-0.15, -0.1) is 0 Å². The van der Waals surface area contributed by atoms with E-state index in [9.17, 15) is 0 Å². The molecule has 1 aliphatic heterocycles. The van der Waals surface area contributed by atoms with Crippen LogP contribution in [-0.4, -0.2) is 37.6 Å². The quantitative estimate of drug-likeness (QED) is 0.644. The molecule has 2 rings (SSSR count). The van der Waals surface area contributed by atoms with Gasteiger partial charge in [-0.05, 0) is 43.4 Å². The molecule has 2 N–H and O–H groups in total. The van der Waals surface area contributed by atoms with Crippen LogP contribution < -0.4 is 15.5 Å². The number of rotatable bonds is 5. The van der Waals surface area contributed by atoms with E-state index in [4.69, 9.17) is 0 Å². The molecule has 0 aliphatic carbocycles. The standard InChI is InChI=1S/C16H27N5/c1-3-8-19-16(17-2)20-13-14-7-9-18-15(12-14)21-10-5-4-6-11-21/h7,9,12H,3-6,8,10-11,13H2,1-2H3,(H2,17,19,20). The lowest BCUT2D eigenvalue weighted by Gasteiger charge is -2.28. The van der Waals surface area contributed by atoms with Gasteiger partial charge >= 0.3 is 0 Å². The fourth-order valence-electron chi connectivity index (χ4n) is 2.52. The molecule has 0 spiro atoms. The molecule has 2 heterocycles. The number of aromatic nitrogens is 1. The third kappa shape index (κ3) is 4.92. The van der Waals surface area contributed by atoms with Gasteiger partial charge in [-0.25, -0.2) is 4.98 Å². The molecule has 0 unspecified atom stereocenters. The number of nitrogens with one attached hydrogen (secondary N) is 2. The van der Waals surface area contributed by atoms with E-state index in [2.05, 4.69) is 44.6 Å². The van der Waals surface area contributed by atoms with Crippen LogP contribution in [0.1, 0.15) is 38.2 Å². The summed E-state index contributed by atoms with van der Waals surface area (Å²) >= 11 is 0. The molecule has 1 aromatic heterocycles. The monoisotopic (exact) mass is 289 g/mol. The van der Waals surface area contributed by atoms with Crippen LogP contribution in [-0.2, 0) is 6.54 Å². The van der Waals surface area contributed by atoms with Crippen molar-refractivity contribution in [2.75, 3.05) is 31.6 Å². The minimum absolute atomic E-state index is 0.771. The molecule has 1 fully saturated rings. The Balaban J connectivity index is 1.91. The van der Waals surface area contributed by atoms with E-state index < -0.39 is 0 Å². The van der Waals surface area contributed by atoms with Crippen molar-refractivity contribution in [2.24, 2.45) is 4.99 Å². The number of guanidine groups is 1. The van der Waals surface area contributed by atoms with Gasteiger partial charge < -0.3 is 15.5 Å². The summed E-state index contributed by atoms with van der Waals surface area (Å²) in [6, 6.07) is 4.25. The summed E-state index contributed by atoms with van der Waals surface area (Å²) in [5.74, 6) is 1.96. The maximum Gasteiger partial charge on any atom is 0.191 e. The lowest BCUT2D eigenvalue weighted by Crippen LogP contribution is -2.37. The summed E-state index contributed by atoms with van der Waals surface area (Å²) in [7, 11) is 1.80. The second-order valence-corrected chi connectivity index (χ2v) is 5.42. The predicted molar refractivity (Wildman–Crippen MR) is 88.8 cm³/mol. The molecule has 0 aromatic carbocycles. The first-order valence-electron chi connectivity index (χ1n) is 7.98. The number of aliphatic imine (C=N–C) groups is 1. The van der Waals surface area contributed by atoms with Gasteiger partial charge in [-0.3, -0.25) is 4.99 Å². The maximum atomic E-state index is 4.51. The first-order valence-corrected chi connectivity index (χ1v) is 7.98. The lowest BCUT2D eigenvalue weighted by atomic mass is 10.1. The molecule has 1 aromatic rings. The highest BCUT2D eigenvalue weighted by Crippen LogP contribution is 2.18. The average molecular weight is 289 g/mol. The largest absolute Gasteiger partial charge is 0.357 e. The summed E-state index contributed by atoms with van der Waals surface area (Å²) in [6.07, 6.45) is 6.89. The number of pyridine rings is 1. The van der Waals surface area contributed by atoms with Crippen molar-refractivity contribution in [3.63, 3.8) is 0 Å². The number of hydrogen-bond acceptors (Lipinski definition) is 3. The van der Waals surface area contributed by atoms with Crippen LogP contribution in [0.15, 0.2) is 23.3 Å². The Morgan fingerprint density at radius 1 is 1.29 bits per heavy atom. The van der Waals surface area contributed by atoms with Gasteiger partial charge in [0.2, 0.25) is 0 Å². The van der Waals surface area contributed by atoms with Gasteiger partial charge in [0.15, 0.2) is 5.96 Å². The summed E-state index contributed by atoms with van der Waals surface area (Å²) in [5, 5.41) is 6.62. The second kappa shape index (κ2) is 8.49. The van der Waals surface area contributed by atoms with Crippen LogP contribution in [0.5, 0.6) is 0 Å². The third-order valence-electron chi connectivity index (χ3n) is 3.72. The Morgan fingerprint density at radius 2 is 2.10 bits per heavy atom. The van der Waals surface area contributed by atoms with Crippen LogP contribution in [0.3, 0.4) is 0 Å². The van der Waals surface area contributed by atoms with Crippen LogP contribution >= 0.6 is 0 Å². The van der Waals surface area contributed by atoms with Crippen molar-refractivity contribution in [1.29, 1.82) is 0 Å². The van der Waals surface area contributed by atoms with Crippen molar-refractivity contribution in [1.82, 2.24) is 15.6 Å². The van der Waals surface area contributed by atoms with Crippen LogP contribution in [0, 0.1) is 0 Å². The van der Waals surface area contributed by atoms with Crippen LogP contribution in [0.25, 0.3) is 0 Å². The van der Waals surface area contributed by atoms with Crippen molar-refractivity contribution in [3.8, 4) is 0 Å². The first kappa shape index (κ1) is 15.6. The van der Waals surface area contributed by atoms with Gasteiger partial charge in [0.05, 0.1) is 0 Å². The Hall–Kier alpha value is -1.78. The second-order valence-electron chi connectivity index (χ2n) is 5.42. The van der Waals surface area contributed by atoms with Gasteiger partial charge in [-0.1, -0.05) is 6.92 Å². The minimum atomic E-state index is 0.771. The fourth-order valence-corrected chi connectivity index (χ4v) is 2.52. The smallest absolute Gasteiger partial charge is 0.191 e. The van der Waals surface area contributed by atoms with E-state index in [1.807, 2.05) is 6.20 Å². The van der Waals surface area contributed by atoms with Crippen molar-refractivity contribution in [2.45, 2.75) is 39.2 Å². The van der Waals surface area contributed by atoms with Crippen LogP contribution in [0.2, 0.25) is 0 Å². The van der Waals surface area contributed by atoms with E-state index in [0.717, 1.165) is 44.4 Å². The summed E-state index contributed by atoms with van der Waals surface area (Å²) < 4.78 is 0. The Kier molecular flexibility index (Phi) is 6.31. The number of piperidine rings is 1. The zero-order valence-electron chi connectivity index (χ0n) is 13.2. The topological polar surface area (TPSA) is 52.6 Å². The molecule has 0 saturated carbocycles. The summed E-state index contributed by atoms with van der Waals surface area (Å²) in [5.41, 5.74) is 1.24. The third-order valence-corrected chi connectivity index (χ3v) is 3.72. The van der Waals surface area contributed by atoms with Gasteiger partial charge in [-0.2, -0.15) is 0 Å². The molecular weight excluding hydrogens is 262 g/mol. The predicted octanol–water partition coefficient (Wildman–Crippen LogP) is 2.15. The van der Waals surface area contributed by atoms with Gasteiger partial charge in [0.25, 0.3) is 0 Å². The number of nitrogens with zero attached hydrogens (tertiary/aromatic N) is 3. The molecule has 0 amide bonds. The van der Waals surface area contributed by atoms with Gasteiger partial charge in [0.1, 0.15) is 5.82 Å². The van der Waals surface area contributed by atoms with Gasteiger partial charge in [0, 0.05) is 39.4 Å². The molecule has 21 heavy (non-hydrogen) atoms. The lowest BCUT2D eigenvalue weighted by molar-refractivity contribution is 0.573. The highest BCUT2D eigenvalue weighted by atomic mass is 15.2. The summed E-state index contributed by atoms with van der Waals surface area (Å²) in [6.45, 7) is 6.11. The van der Waals surface area contributed by atoms with Crippen molar-refractivity contribution < 1.29 is 0 Å². The first-order chi connectivity index (χ1) is 10.3. The Morgan fingerprint density at radius 3 is 2.81 bits per heavy atom. The number of hydrogen-bond donors (Lipinski definition) is 2. The average Bonchev–Trinajstić information content (AvgIpc) is 2.56. The summed E-state index contributed by atoms with van der Waals surface area (Å²) in [4.78, 5) is 11.1. The molecule has 0 bridgehead atoms. The zero-order chi connectivity index (χ0) is 14.9. The fraction of sp³-hybridized carbons (Fsp3) is 0.625. The van der Waals surface area contributed by atoms with Crippen molar-refractivity contribution >= 4 is 11.8 Å². The maximum absolute atomic E-state index is 4.51. The zero-order valence-corrected chi connectivity index (χ0v) is 13.2. The van der Waals surface area contributed by atoms with E-state index in [1.54, 1.807) is 7.05 Å². The molecule has 0 radical (unpaired) electrons. The highest BCUT2D eigenvalue weighted by molar-refractivity contribution is 5.79. The highest BCUT2D eigenvalue weighted by Gasteiger charge is 2.12. The van der Waals surface area contributed by atoms with E-state index in [-0.39, 0.29) is 0 Å². The van der Waals surface area contributed by atoms with E-state index >= 15 is 0 Å². The Bertz CT molecular complexity index is 452. The molecule has 5 heteroatoms. The molecule has 1 aliphatic rings.